The van der Waals surface area contributed by atoms with Crippen LogP contribution in [0, 0.1) is 6.92 Å². The lowest BCUT2D eigenvalue weighted by Crippen LogP contribution is -2.13. The maximum absolute atomic E-state index is 12.7. The number of thiocarbonyl (C=S) groups is 1. The molecule has 0 radical (unpaired) electrons. The number of aromatic nitrogens is 2. The molecular weight excluding hydrogens is 301 g/mol. The predicted molar refractivity (Wildman–Crippen MR) is 77.4 cm³/mol. The molecule has 0 aliphatic carbocycles. The molecule has 21 heavy (non-hydrogen) atoms. The van der Waals surface area contributed by atoms with E-state index in [-0.39, 0.29) is 16.6 Å². The van der Waals surface area contributed by atoms with E-state index in [9.17, 15) is 13.2 Å². The average Bonchev–Trinajstić information content (AvgIpc) is 2.40. The lowest BCUT2D eigenvalue weighted by molar-refractivity contribution is -0.137. The Kier molecular flexibility index (Phi) is 4.08. The van der Waals surface area contributed by atoms with Crippen molar-refractivity contribution in [2.24, 2.45) is 5.73 Å². The quantitative estimate of drug-likeness (QED) is 0.852. The SMILES string of the molecule is Cc1ccc(C(F)(F)F)cc1Nc1nccc(C(N)=S)n1. The van der Waals surface area contributed by atoms with Crippen molar-refractivity contribution in [3.8, 4) is 0 Å². The molecule has 0 amide bonds. The fraction of sp³-hybridized carbons (Fsp3) is 0.154. The van der Waals surface area contributed by atoms with Crippen LogP contribution in [0.1, 0.15) is 16.8 Å². The Morgan fingerprint density at radius 1 is 1.29 bits per heavy atom. The first-order valence-corrected chi connectivity index (χ1v) is 6.26. The summed E-state index contributed by atoms with van der Waals surface area (Å²) in [5.74, 6) is 0.128. The molecule has 8 heteroatoms. The van der Waals surface area contributed by atoms with Gasteiger partial charge in [0.1, 0.15) is 10.7 Å². The second-order valence-electron chi connectivity index (χ2n) is 4.28. The zero-order valence-electron chi connectivity index (χ0n) is 10.9. The number of nitrogens with zero attached hydrogens (tertiary/aromatic N) is 2. The first kappa shape index (κ1) is 15.2. The molecule has 1 aromatic carbocycles. The Morgan fingerprint density at radius 2 is 2.00 bits per heavy atom. The highest BCUT2D eigenvalue weighted by atomic mass is 32.1. The molecule has 4 nitrogen and oxygen atoms in total. The van der Waals surface area contributed by atoms with Gasteiger partial charge < -0.3 is 11.1 Å². The molecule has 0 bridgehead atoms. The van der Waals surface area contributed by atoms with E-state index in [0.717, 1.165) is 12.1 Å². The van der Waals surface area contributed by atoms with Gasteiger partial charge in [-0.25, -0.2) is 9.97 Å². The number of anilines is 2. The average molecular weight is 312 g/mol. The zero-order valence-corrected chi connectivity index (χ0v) is 11.7. The molecule has 0 unspecified atom stereocenters. The van der Waals surface area contributed by atoms with E-state index in [4.69, 9.17) is 18.0 Å². The first-order chi connectivity index (χ1) is 9.77. The third kappa shape index (κ3) is 3.66. The van der Waals surface area contributed by atoms with E-state index in [1.54, 1.807) is 6.92 Å². The van der Waals surface area contributed by atoms with Crippen LogP contribution < -0.4 is 11.1 Å². The molecule has 110 valence electrons. The number of benzene rings is 1. The van der Waals surface area contributed by atoms with Crippen LogP contribution in [0.15, 0.2) is 30.5 Å². The van der Waals surface area contributed by atoms with Crippen molar-refractivity contribution in [2.75, 3.05) is 5.32 Å². The summed E-state index contributed by atoms with van der Waals surface area (Å²) in [6.07, 6.45) is -2.99. The van der Waals surface area contributed by atoms with Crippen LogP contribution in [-0.2, 0) is 6.18 Å². The molecule has 0 spiro atoms. The highest BCUT2D eigenvalue weighted by Crippen LogP contribution is 2.32. The van der Waals surface area contributed by atoms with Gasteiger partial charge in [-0.1, -0.05) is 18.3 Å². The minimum Gasteiger partial charge on any atom is -0.388 e. The summed E-state index contributed by atoms with van der Waals surface area (Å²) < 4.78 is 38.1. The molecule has 2 aromatic rings. The van der Waals surface area contributed by atoms with Crippen LogP contribution in [0.4, 0.5) is 24.8 Å². The number of nitrogens with one attached hydrogen (secondary N) is 1. The summed E-state index contributed by atoms with van der Waals surface area (Å²) in [5, 5.41) is 2.74. The second-order valence-corrected chi connectivity index (χ2v) is 4.72. The van der Waals surface area contributed by atoms with Gasteiger partial charge in [-0.15, -0.1) is 0 Å². The van der Waals surface area contributed by atoms with E-state index in [1.165, 1.54) is 18.3 Å². The number of halogens is 3. The Morgan fingerprint density at radius 3 is 2.62 bits per heavy atom. The standard InChI is InChI=1S/C13H11F3N4S/c1-7-2-3-8(13(14,15)16)6-10(7)20-12-18-5-4-9(19-12)11(17)21/h2-6H,1H3,(H2,17,21)(H,18,19,20). The highest BCUT2D eigenvalue weighted by Gasteiger charge is 2.30. The largest absolute Gasteiger partial charge is 0.416 e. The van der Waals surface area contributed by atoms with Crippen LogP contribution >= 0.6 is 12.2 Å². The van der Waals surface area contributed by atoms with Gasteiger partial charge in [0.05, 0.1) is 5.56 Å². The summed E-state index contributed by atoms with van der Waals surface area (Å²) >= 11 is 4.79. The molecule has 0 saturated heterocycles. The van der Waals surface area contributed by atoms with Crippen LogP contribution in [0.3, 0.4) is 0 Å². The number of aryl methyl sites for hydroxylation is 1. The predicted octanol–water partition coefficient (Wildman–Crippen LogP) is 3.18. The third-order valence-electron chi connectivity index (χ3n) is 2.72. The monoisotopic (exact) mass is 312 g/mol. The molecule has 0 aliphatic rings. The van der Waals surface area contributed by atoms with Gasteiger partial charge in [0.15, 0.2) is 0 Å². The van der Waals surface area contributed by atoms with E-state index in [1.807, 2.05) is 0 Å². The third-order valence-corrected chi connectivity index (χ3v) is 2.93. The highest BCUT2D eigenvalue weighted by molar-refractivity contribution is 7.80. The van der Waals surface area contributed by atoms with Gasteiger partial charge in [0.2, 0.25) is 5.95 Å². The molecule has 0 aliphatic heterocycles. The van der Waals surface area contributed by atoms with Gasteiger partial charge in [-0.3, -0.25) is 0 Å². The molecule has 3 N–H and O–H groups in total. The number of nitrogens with two attached hydrogens (primary N) is 1. The van der Waals surface area contributed by atoms with Crippen molar-refractivity contribution in [1.82, 2.24) is 9.97 Å². The molecule has 0 fully saturated rings. The number of rotatable bonds is 3. The minimum atomic E-state index is -4.41. The number of hydrogen-bond acceptors (Lipinski definition) is 4. The first-order valence-electron chi connectivity index (χ1n) is 5.85. The maximum Gasteiger partial charge on any atom is 0.416 e. The Balaban J connectivity index is 2.35. The van der Waals surface area contributed by atoms with Gasteiger partial charge in [-0.2, -0.15) is 13.2 Å². The van der Waals surface area contributed by atoms with Crippen LogP contribution in [-0.4, -0.2) is 15.0 Å². The van der Waals surface area contributed by atoms with Crippen molar-refractivity contribution in [1.29, 1.82) is 0 Å². The summed E-state index contributed by atoms with van der Waals surface area (Å²) in [6.45, 7) is 1.68. The van der Waals surface area contributed by atoms with E-state index < -0.39 is 11.7 Å². The van der Waals surface area contributed by atoms with E-state index >= 15 is 0 Å². The number of alkyl halides is 3. The smallest absolute Gasteiger partial charge is 0.388 e. The number of hydrogen-bond donors (Lipinski definition) is 2. The molecule has 0 atom stereocenters. The van der Waals surface area contributed by atoms with Crippen LogP contribution in [0.2, 0.25) is 0 Å². The molecular formula is C13H11F3N4S. The maximum atomic E-state index is 12.7. The second kappa shape index (κ2) is 5.65. The Hall–Kier alpha value is -2.22. The topological polar surface area (TPSA) is 63.8 Å². The molecule has 1 aromatic heterocycles. The van der Waals surface area contributed by atoms with Crippen LogP contribution in [0.25, 0.3) is 0 Å². The fourth-order valence-electron chi connectivity index (χ4n) is 1.61. The van der Waals surface area contributed by atoms with Crippen molar-refractivity contribution in [3.63, 3.8) is 0 Å². The summed E-state index contributed by atoms with van der Waals surface area (Å²) in [5.41, 5.74) is 5.94. The van der Waals surface area contributed by atoms with E-state index in [2.05, 4.69) is 15.3 Å². The lowest BCUT2D eigenvalue weighted by Gasteiger charge is -2.12. The van der Waals surface area contributed by atoms with Crippen LogP contribution in [0.5, 0.6) is 0 Å². The minimum absolute atomic E-state index is 0.0845. The van der Waals surface area contributed by atoms with E-state index in [0.29, 0.717) is 11.3 Å². The van der Waals surface area contributed by atoms with Gasteiger partial charge >= 0.3 is 6.18 Å². The van der Waals surface area contributed by atoms with Crippen molar-refractivity contribution in [3.05, 3.63) is 47.3 Å². The Labute approximate surface area is 124 Å². The zero-order chi connectivity index (χ0) is 15.6. The van der Waals surface area contributed by atoms with Gasteiger partial charge in [-0.05, 0) is 30.7 Å². The lowest BCUT2D eigenvalue weighted by atomic mass is 10.1. The molecule has 0 saturated carbocycles. The fourth-order valence-corrected chi connectivity index (χ4v) is 1.72. The summed E-state index contributed by atoms with van der Waals surface area (Å²) in [4.78, 5) is 8.05. The van der Waals surface area contributed by atoms with Crippen molar-refractivity contribution in [2.45, 2.75) is 13.1 Å². The van der Waals surface area contributed by atoms with Crippen molar-refractivity contribution >= 4 is 28.8 Å². The van der Waals surface area contributed by atoms with Gasteiger partial charge in [0.25, 0.3) is 0 Å². The summed E-state index contributed by atoms with van der Waals surface area (Å²) in [7, 11) is 0. The van der Waals surface area contributed by atoms with Gasteiger partial charge in [0, 0.05) is 11.9 Å². The summed E-state index contributed by atoms with van der Waals surface area (Å²) in [6, 6.07) is 4.92. The molecule has 1 heterocycles. The Bertz CT molecular complexity index is 685. The molecule has 2 rings (SSSR count). The van der Waals surface area contributed by atoms with Crippen molar-refractivity contribution < 1.29 is 13.2 Å². The normalized spacial score (nSPS) is 11.2.